The van der Waals surface area contributed by atoms with Gasteiger partial charge in [0.2, 0.25) is 5.91 Å². The van der Waals surface area contributed by atoms with Crippen LogP contribution in [0.3, 0.4) is 0 Å². The van der Waals surface area contributed by atoms with E-state index in [0.717, 1.165) is 38.1 Å². The van der Waals surface area contributed by atoms with E-state index in [2.05, 4.69) is 18.7 Å². The van der Waals surface area contributed by atoms with E-state index in [4.69, 9.17) is 11.5 Å². The van der Waals surface area contributed by atoms with Gasteiger partial charge in [-0.05, 0) is 57.9 Å². The quantitative estimate of drug-likeness (QED) is 0.777. The van der Waals surface area contributed by atoms with Crippen LogP contribution in [0.15, 0.2) is 0 Å². The molecule has 2 fully saturated rings. The third kappa shape index (κ3) is 2.54. The Balaban J connectivity index is 2.06. The number of carbonyl (C=O) groups is 1. The van der Waals surface area contributed by atoms with E-state index in [1.807, 2.05) is 0 Å². The molecule has 2 aliphatic rings. The lowest BCUT2D eigenvalue weighted by molar-refractivity contribution is -0.125. The van der Waals surface area contributed by atoms with Crippen LogP contribution in [-0.4, -0.2) is 35.0 Å². The summed E-state index contributed by atoms with van der Waals surface area (Å²) in [6, 6.07) is 1.04. The van der Waals surface area contributed by atoms with Crippen molar-refractivity contribution < 1.29 is 4.79 Å². The normalized spacial score (nSPS) is 42.7. The molecule has 4 unspecified atom stereocenters. The molecule has 4 heteroatoms. The van der Waals surface area contributed by atoms with Gasteiger partial charge in [-0.15, -0.1) is 0 Å². The third-order valence-electron chi connectivity index (χ3n) is 5.14. The van der Waals surface area contributed by atoms with Crippen molar-refractivity contribution in [1.29, 1.82) is 0 Å². The number of rotatable bonds is 2. The topological polar surface area (TPSA) is 72.3 Å². The number of nitrogens with zero attached hydrogens (tertiary/aromatic N) is 1. The summed E-state index contributed by atoms with van der Waals surface area (Å²) < 4.78 is 0. The monoisotopic (exact) mass is 253 g/mol. The van der Waals surface area contributed by atoms with E-state index < -0.39 is 5.54 Å². The Morgan fingerprint density at radius 3 is 2.67 bits per heavy atom. The summed E-state index contributed by atoms with van der Waals surface area (Å²) in [5, 5.41) is 0. The first-order chi connectivity index (χ1) is 8.44. The number of primary amides is 1. The van der Waals surface area contributed by atoms with Gasteiger partial charge in [0, 0.05) is 12.1 Å². The van der Waals surface area contributed by atoms with Gasteiger partial charge < -0.3 is 11.5 Å². The van der Waals surface area contributed by atoms with Crippen LogP contribution in [-0.2, 0) is 4.79 Å². The lowest BCUT2D eigenvalue weighted by atomic mass is 9.77. The van der Waals surface area contributed by atoms with Crippen molar-refractivity contribution >= 4 is 5.91 Å². The maximum Gasteiger partial charge on any atom is 0.237 e. The molecule has 4 atom stereocenters. The first kappa shape index (κ1) is 13.8. The van der Waals surface area contributed by atoms with Gasteiger partial charge in [-0.1, -0.05) is 6.92 Å². The fraction of sp³-hybridized carbons (Fsp3) is 0.929. The predicted octanol–water partition coefficient (Wildman–Crippen LogP) is 1.23. The zero-order valence-corrected chi connectivity index (χ0v) is 11.7. The van der Waals surface area contributed by atoms with E-state index in [0.29, 0.717) is 12.1 Å². The number of nitrogens with two attached hydrogens (primary N) is 2. The highest BCUT2D eigenvalue weighted by molar-refractivity contribution is 5.84. The van der Waals surface area contributed by atoms with Gasteiger partial charge in [-0.25, -0.2) is 0 Å². The van der Waals surface area contributed by atoms with E-state index in [1.54, 1.807) is 0 Å². The molecule has 0 aromatic heterocycles. The summed E-state index contributed by atoms with van der Waals surface area (Å²) in [7, 11) is 0. The largest absolute Gasteiger partial charge is 0.368 e. The van der Waals surface area contributed by atoms with Gasteiger partial charge in [-0.3, -0.25) is 9.69 Å². The van der Waals surface area contributed by atoms with Gasteiger partial charge in [0.15, 0.2) is 0 Å². The first-order valence-corrected chi connectivity index (χ1v) is 7.28. The molecule has 104 valence electrons. The average molecular weight is 253 g/mol. The van der Waals surface area contributed by atoms with Crippen molar-refractivity contribution in [3.8, 4) is 0 Å². The Morgan fingerprint density at radius 1 is 1.28 bits per heavy atom. The van der Waals surface area contributed by atoms with Crippen molar-refractivity contribution in [2.45, 2.75) is 70.0 Å². The van der Waals surface area contributed by atoms with Gasteiger partial charge in [0.1, 0.15) is 0 Å². The molecule has 2 rings (SSSR count). The summed E-state index contributed by atoms with van der Waals surface area (Å²) in [6.45, 7) is 5.77. The second kappa shape index (κ2) is 5.17. The average Bonchev–Trinajstić information content (AvgIpc) is 2.32. The smallest absolute Gasteiger partial charge is 0.237 e. The molecular weight excluding hydrogens is 226 g/mol. The fourth-order valence-corrected chi connectivity index (χ4v) is 3.67. The fourth-order valence-electron chi connectivity index (χ4n) is 3.67. The summed E-state index contributed by atoms with van der Waals surface area (Å²) in [6.07, 6.45) is 6.23. The van der Waals surface area contributed by atoms with Crippen LogP contribution in [0.25, 0.3) is 0 Å². The van der Waals surface area contributed by atoms with Gasteiger partial charge in [-0.2, -0.15) is 0 Å². The zero-order chi connectivity index (χ0) is 13.3. The van der Waals surface area contributed by atoms with E-state index in [-0.39, 0.29) is 5.91 Å². The lowest BCUT2D eigenvalue weighted by Crippen LogP contribution is -2.60. The molecule has 1 heterocycles. The maximum absolute atomic E-state index is 11.5. The number of piperidine rings is 1. The minimum atomic E-state index is -0.774. The van der Waals surface area contributed by atoms with Crippen molar-refractivity contribution in [2.75, 3.05) is 6.54 Å². The summed E-state index contributed by atoms with van der Waals surface area (Å²) in [4.78, 5) is 14.1. The van der Waals surface area contributed by atoms with E-state index in [9.17, 15) is 4.79 Å². The summed E-state index contributed by atoms with van der Waals surface area (Å²) in [5.74, 6) is 0.409. The summed E-state index contributed by atoms with van der Waals surface area (Å²) in [5.41, 5.74) is 10.9. The van der Waals surface area contributed by atoms with Gasteiger partial charge >= 0.3 is 0 Å². The molecular formula is C14H27N3O. The first-order valence-electron chi connectivity index (χ1n) is 7.28. The molecule has 0 aromatic rings. The Morgan fingerprint density at radius 2 is 2.00 bits per heavy atom. The van der Waals surface area contributed by atoms with Crippen LogP contribution in [0.5, 0.6) is 0 Å². The molecule has 0 radical (unpaired) electrons. The Hall–Kier alpha value is -0.610. The molecule has 0 bridgehead atoms. The highest BCUT2D eigenvalue weighted by Gasteiger charge is 2.41. The van der Waals surface area contributed by atoms with Crippen molar-refractivity contribution in [2.24, 2.45) is 17.4 Å². The van der Waals surface area contributed by atoms with Crippen LogP contribution < -0.4 is 11.5 Å². The molecule has 18 heavy (non-hydrogen) atoms. The zero-order valence-electron chi connectivity index (χ0n) is 11.7. The van der Waals surface area contributed by atoms with Crippen LogP contribution in [0.2, 0.25) is 0 Å². The highest BCUT2D eigenvalue weighted by atomic mass is 16.1. The van der Waals surface area contributed by atoms with Crippen LogP contribution in [0.1, 0.15) is 52.4 Å². The lowest BCUT2D eigenvalue weighted by Gasteiger charge is -2.47. The molecule has 0 aromatic carbocycles. The predicted molar refractivity (Wildman–Crippen MR) is 72.9 cm³/mol. The second-order valence-corrected chi connectivity index (χ2v) is 6.37. The molecule has 4 N–H and O–H groups in total. The molecule has 1 saturated carbocycles. The van der Waals surface area contributed by atoms with Crippen molar-refractivity contribution in [3.63, 3.8) is 0 Å². The van der Waals surface area contributed by atoms with Crippen LogP contribution >= 0.6 is 0 Å². The standard InChI is InChI=1S/C14H27N3O/c1-10-5-4-8-17(11(10)2)12-6-3-7-14(16,9-12)13(15)18/h10-12H,3-9,16H2,1-2H3,(H2,15,18). The highest BCUT2D eigenvalue weighted by Crippen LogP contribution is 2.34. The maximum atomic E-state index is 11.5. The van der Waals surface area contributed by atoms with Crippen molar-refractivity contribution in [1.82, 2.24) is 4.90 Å². The number of likely N-dealkylation sites (tertiary alicyclic amines) is 1. The number of carbonyl (C=O) groups excluding carboxylic acids is 1. The molecule has 1 aliphatic carbocycles. The molecule has 0 spiro atoms. The van der Waals surface area contributed by atoms with E-state index >= 15 is 0 Å². The van der Waals surface area contributed by atoms with Gasteiger partial charge in [0.05, 0.1) is 5.54 Å². The number of hydrogen-bond acceptors (Lipinski definition) is 3. The number of amides is 1. The van der Waals surface area contributed by atoms with E-state index in [1.165, 1.54) is 12.8 Å². The molecule has 4 nitrogen and oxygen atoms in total. The minimum absolute atomic E-state index is 0.329. The third-order valence-corrected chi connectivity index (χ3v) is 5.14. The Kier molecular flexibility index (Phi) is 3.97. The number of hydrogen-bond donors (Lipinski definition) is 2. The van der Waals surface area contributed by atoms with Crippen LogP contribution in [0, 0.1) is 5.92 Å². The van der Waals surface area contributed by atoms with Crippen molar-refractivity contribution in [3.05, 3.63) is 0 Å². The Bertz CT molecular complexity index is 320. The Labute approximate surface area is 110 Å². The second-order valence-electron chi connectivity index (χ2n) is 6.37. The minimum Gasteiger partial charge on any atom is -0.368 e. The SMILES string of the molecule is CC1CCCN(C2CCCC(N)(C(N)=O)C2)C1C. The summed E-state index contributed by atoms with van der Waals surface area (Å²) >= 11 is 0. The molecule has 1 amide bonds. The molecule has 1 aliphatic heterocycles. The van der Waals surface area contributed by atoms with Gasteiger partial charge in [0.25, 0.3) is 0 Å². The molecule has 1 saturated heterocycles. The van der Waals surface area contributed by atoms with Crippen LogP contribution in [0.4, 0.5) is 0 Å².